The number of unbranched alkanes of at least 4 members (excludes halogenated alkanes) is 1. The maximum atomic E-state index is 8.62. The van der Waals surface area contributed by atoms with Gasteiger partial charge in [-0.15, -0.1) is 0 Å². The Hall–Kier alpha value is -0.120. The first-order chi connectivity index (χ1) is 6.99. The van der Waals surface area contributed by atoms with Crippen molar-refractivity contribution in [2.24, 2.45) is 0 Å². The number of hydrogen-bond acceptors (Lipinski definition) is 3. The average molecular weight is 218 g/mol. The molecule has 0 aromatic rings. The highest BCUT2D eigenvalue weighted by molar-refractivity contribution is 4.66. The topological polar surface area (TPSA) is 38.7 Å². The molecule has 0 rings (SSSR count). The number of aliphatic hydroxyl groups excluding tert-OH is 1. The van der Waals surface area contributed by atoms with Crippen molar-refractivity contribution in [1.82, 2.24) is 0 Å². The quantitative estimate of drug-likeness (QED) is 0.636. The third-order valence-electron chi connectivity index (χ3n) is 1.94. The largest absolute Gasteiger partial charge is 0.394 e. The Morgan fingerprint density at radius 1 is 1.27 bits per heavy atom. The molecule has 0 heterocycles. The number of rotatable bonds is 8. The van der Waals surface area contributed by atoms with Crippen molar-refractivity contribution in [1.29, 1.82) is 0 Å². The molecule has 0 aliphatic rings. The SMILES string of the molecule is CCCCC(COCCO)OC(C)(C)C. The molecule has 0 aliphatic carbocycles. The molecule has 15 heavy (non-hydrogen) atoms. The fourth-order valence-corrected chi connectivity index (χ4v) is 1.39. The van der Waals surface area contributed by atoms with Gasteiger partial charge in [0, 0.05) is 0 Å². The lowest BCUT2D eigenvalue weighted by atomic mass is 10.1. The molecule has 0 aliphatic heterocycles. The Morgan fingerprint density at radius 3 is 2.40 bits per heavy atom. The highest BCUT2D eigenvalue weighted by Crippen LogP contribution is 2.15. The highest BCUT2D eigenvalue weighted by Gasteiger charge is 2.18. The number of hydrogen-bond donors (Lipinski definition) is 1. The van der Waals surface area contributed by atoms with Gasteiger partial charge < -0.3 is 14.6 Å². The van der Waals surface area contributed by atoms with E-state index in [1.165, 1.54) is 6.42 Å². The molecule has 1 N–H and O–H groups in total. The van der Waals surface area contributed by atoms with E-state index in [9.17, 15) is 0 Å². The van der Waals surface area contributed by atoms with E-state index in [4.69, 9.17) is 14.6 Å². The van der Waals surface area contributed by atoms with E-state index in [0.29, 0.717) is 13.2 Å². The van der Waals surface area contributed by atoms with Gasteiger partial charge in [0.2, 0.25) is 0 Å². The van der Waals surface area contributed by atoms with Gasteiger partial charge in [-0.1, -0.05) is 19.8 Å². The minimum Gasteiger partial charge on any atom is -0.394 e. The van der Waals surface area contributed by atoms with Crippen LogP contribution in [0.2, 0.25) is 0 Å². The van der Waals surface area contributed by atoms with E-state index in [2.05, 4.69) is 27.7 Å². The minimum atomic E-state index is -0.124. The molecule has 92 valence electrons. The van der Waals surface area contributed by atoms with Crippen LogP contribution in [-0.4, -0.2) is 36.6 Å². The first-order valence-corrected chi connectivity index (χ1v) is 5.86. The van der Waals surface area contributed by atoms with Crippen molar-refractivity contribution < 1.29 is 14.6 Å². The van der Waals surface area contributed by atoms with Crippen molar-refractivity contribution in [2.45, 2.75) is 58.7 Å². The summed E-state index contributed by atoms with van der Waals surface area (Å²) in [7, 11) is 0. The fourth-order valence-electron chi connectivity index (χ4n) is 1.39. The van der Waals surface area contributed by atoms with Crippen molar-refractivity contribution in [3.63, 3.8) is 0 Å². The predicted octanol–water partition coefficient (Wildman–Crippen LogP) is 2.37. The highest BCUT2D eigenvalue weighted by atomic mass is 16.5. The van der Waals surface area contributed by atoms with Crippen molar-refractivity contribution in [3.05, 3.63) is 0 Å². The zero-order valence-electron chi connectivity index (χ0n) is 10.6. The zero-order valence-corrected chi connectivity index (χ0v) is 10.6. The maximum absolute atomic E-state index is 8.62. The first kappa shape index (κ1) is 14.9. The van der Waals surface area contributed by atoms with Crippen LogP contribution in [0.1, 0.15) is 47.0 Å². The van der Waals surface area contributed by atoms with Gasteiger partial charge in [-0.3, -0.25) is 0 Å². The predicted molar refractivity (Wildman–Crippen MR) is 62.1 cm³/mol. The molecule has 0 aromatic carbocycles. The summed E-state index contributed by atoms with van der Waals surface area (Å²) < 4.78 is 11.2. The van der Waals surface area contributed by atoms with Gasteiger partial charge in [-0.25, -0.2) is 0 Å². The van der Waals surface area contributed by atoms with Crippen LogP contribution in [0.4, 0.5) is 0 Å². The molecular formula is C12H26O3. The van der Waals surface area contributed by atoms with E-state index < -0.39 is 0 Å². The van der Waals surface area contributed by atoms with Crippen LogP contribution < -0.4 is 0 Å². The lowest BCUT2D eigenvalue weighted by Crippen LogP contribution is -2.31. The van der Waals surface area contributed by atoms with Gasteiger partial charge in [0.1, 0.15) is 0 Å². The van der Waals surface area contributed by atoms with Crippen LogP contribution in [-0.2, 0) is 9.47 Å². The molecule has 1 unspecified atom stereocenters. The lowest BCUT2D eigenvalue weighted by molar-refractivity contribution is -0.0979. The minimum absolute atomic E-state index is 0.0794. The molecule has 0 fully saturated rings. The molecule has 3 nitrogen and oxygen atoms in total. The monoisotopic (exact) mass is 218 g/mol. The second kappa shape index (κ2) is 8.08. The molecule has 0 radical (unpaired) electrons. The Bertz CT molecular complexity index is 140. The van der Waals surface area contributed by atoms with Crippen LogP contribution in [0.3, 0.4) is 0 Å². The standard InChI is InChI=1S/C12H26O3/c1-5-6-7-11(10-14-9-8-13)15-12(2,3)4/h11,13H,5-10H2,1-4H3. The normalized spacial score (nSPS) is 14.2. The maximum Gasteiger partial charge on any atom is 0.0815 e. The molecule has 0 bridgehead atoms. The summed E-state index contributed by atoms with van der Waals surface area (Å²) in [5, 5.41) is 8.62. The van der Waals surface area contributed by atoms with Crippen LogP contribution in [0.25, 0.3) is 0 Å². The number of aliphatic hydroxyl groups is 1. The summed E-state index contributed by atoms with van der Waals surface area (Å²) in [4.78, 5) is 0. The van der Waals surface area contributed by atoms with Gasteiger partial charge in [0.25, 0.3) is 0 Å². The summed E-state index contributed by atoms with van der Waals surface area (Å²) in [6.45, 7) is 9.39. The molecule has 0 spiro atoms. The third-order valence-corrected chi connectivity index (χ3v) is 1.94. The molecule has 0 aromatic heterocycles. The molecule has 0 saturated heterocycles. The van der Waals surface area contributed by atoms with E-state index in [-0.39, 0.29) is 18.3 Å². The summed E-state index contributed by atoms with van der Waals surface area (Å²) in [6, 6.07) is 0. The molecule has 0 saturated carbocycles. The number of ether oxygens (including phenoxy) is 2. The van der Waals surface area contributed by atoms with E-state index in [1.54, 1.807) is 0 Å². The van der Waals surface area contributed by atoms with Gasteiger partial charge in [-0.2, -0.15) is 0 Å². The lowest BCUT2D eigenvalue weighted by Gasteiger charge is -2.27. The van der Waals surface area contributed by atoms with E-state index in [0.717, 1.165) is 12.8 Å². The Labute approximate surface area is 93.8 Å². The van der Waals surface area contributed by atoms with Gasteiger partial charge in [-0.05, 0) is 27.2 Å². The van der Waals surface area contributed by atoms with Crippen molar-refractivity contribution in [3.8, 4) is 0 Å². The molecule has 3 heteroatoms. The molecule has 0 amide bonds. The Morgan fingerprint density at radius 2 is 1.93 bits per heavy atom. The smallest absolute Gasteiger partial charge is 0.0815 e. The zero-order chi connectivity index (χ0) is 11.7. The third kappa shape index (κ3) is 10.2. The summed E-state index contributed by atoms with van der Waals surface area (Å²) >= 11 is 0. The van der Waals surface area contributed by atoms with Crippen molar-refractivity contribution >= 4 is 0 Å². The molecular weight excluding hydrogens is 192 g/mol. The van der Waals surface area contributed by atoms with Crippen molar-refractivity contribution in [2.75, 3.05) is 19.8 Å². The second-order valence-corrected chi connectivity index (χ2v) is 4.79. The summed E-state index contributed by atoms with van der Waals surface area (Å²) in [6.07, 6.45) is 3.50. The van der Waals surface area contributed by atoms with Crippen LogP contribution in [0, 0.1) is 0 Å². The summed E-state index contributed by atoms with van der Waals surface area (Å²) in [5.74, 6) is 0. The average Bonchev–Trinajstić information content (AvgIpc) is 2.12. The second-order valence-electron chi connectivity index (χ2n) is 4.79. The van der Waals surface area contributed by atoms with Gasteiger partial charge >= 0.3 is 0 Å². The van der Waals surface area contributed by atoms with E-state index >= 15 is 0 Å². The Kier molecular flexibility index (Phi) is 8.02. The first-order valence-electron chi connectivity index (χ1n) is 5.86. The fraction of sp³-hybridized carbons (Fsp3) is 1.00. The van der Waals surface area contributed by atoms with Crippen LogP contribution in [0.15, 0.2) is 0 Å². The van der Waals surface area contributed by atoms with E-state index in [1.807, 2.05) is 0 Å². The Balaban J connectivity index is 3.84. The van der Waals surface area contributed by atoms with Crippen LogP contribution in [0.5, 0.6) is 0 Å². The molecule has 1 atom stereocenters. The van der Waals surface area contributed by atoms with Crippen LogP contribution >= 0.6 is 0 Å². The van der Waals surface area contributed by atoms with Gasteiger partial charge in [0.15, 0.2) is 0 Å². The van der Waals surface area contributed by atoms with Gasteiger partial charge in [0.05, 0.1) is 31.5 Å². The summed E-state index contributed by atoms with van der Waals surface area (Å²) in [5.41, 5.74) is -0.124.